The quantitative estimate of drug-likeness (QED) is 0.169. The van der Waals surface area contributed by atoms with Crippen LogP contribution in [0, 0.1) is 0 Å². The van der Waals surface area contributed by atoms with Crippen LogP contribution in [-0.4, -0.2) is 9.97 Å². The highest BCUT2D eigenvalue weighted by molar-refractivity contribution is 6.09. The Bertz CT molecular complexity index is 3620. The number of aromatic nitrogens is 2. The first-order chi connectivity index (χ1) is 29.7. The zero-order valence-corrected chi connectivity index (χ0v) is 32.3. The van der Waals surface area contributed by atoms with Gasteiger partial charge in [-0.15, -0.1) is 0 Å². The molecule has 4 nitrogen and oxygen atoms in total. The van der Waals surface area contributed by atoms with Crippen molar-refractivity contribution in [3.05, 3.63) is 206 Å². The maximum absolute atomic E-state index is 6.57. The Balaban J connectivity index is 1.10. The Morgan fingerprint density at radius 1 is 0.283 bits per heavy atom. The van der Waals surface area contributed by atoms with Gasteiger partial charge in [0.05, 0.1) is 17.0 Å². The van der Waals surface area contributed by atoms with Crippen LogP contribution in [-0.2, 0) is 0 Å². The number of benzene rings is 9. The number of nitrogens with zero attached hydrogens (tertiary/aromatic N) is 2. The summed E-state index contributed by atoms with van der Waals surface area (Å²) in [5, 5.41) is 6.69. The van der Waals surface area contributed by atoms with E-state index in [4.69, 9.17) is 18.8 Å². The summed E-state index contributed by atoms with van der Waals surface area (Å²) in [4.78, 5) is 10.7. The molecule has 12 aromatic rings. The highest BCUT2D eigenvalue weighted by atomic mass is 16.3. The van der Waals surface area contributed by atoms with Crippen molar-refractivity contribution in [1.29, 1.82) is 0 Å². The van der Waals surface area contributed by atoms with Gasteiger partial charge in [0.15, 0.2) is 5.82 Å². The normalized spacial score (nSPS) is 11.7. The van der Waals surface area contributed by atoms with Crippen LogP contribution < -0.4 is 0 Å². The van der Waals surface area contributed by atoms with Gasteiger partial charge in [-0.05, 0) is 111 Å². The molecule has 280 valence electrons. The summed E-state index contributed by atoms with van der Waals surface area (Å²) in [7, 11) is 0. The van der Waals surface area contributed by atoms with E-state index in [1.54, 1.807) is 0 Å². The molecule has 0 radical (unpaired) electrons. The number of furan rings is 2. The molecule has 0 aliphatic heterocycles. The predicted molar refractivity (Wildman–Crippen MR) is 247 cm³/mol. The second-order valence-electron chi connectivity index (χ2n) is 15.4. The van der Waals surface area contributed by atoms with E-state index in [0.29, 0.717) is 5.82 Å². The summed E-state index contributed by atoms with van der Waals surface area (Å²) in [6, 6.07) is 72.4. The van der Waals surface area contributed by atoms with Crippen LogP contribution in [0.3, 0.4) is 0 Å². The van der Waals surface area contributed by atoms with Crippen LogP contribution in [0.15, 0.2) is 215 Å². The van der Waals surface area contributed by atoms with Crippen LogP contribution >= 0.6 is 0 Å². The summed E-state index contributed by atoms with van der Waals surface area (Å²) in [5.74, 6) is 0.598. The lowest BCUT2D eigenvalue weighted by Gasteiger charge is -2.14. The fraction of sp³-hybridized carbons (Fsp3) is 0. The van der Waals surface area contributed by atoms with Crippen LogP contribution in [0.5, 0.6) is 0 Å². The minimum absolute atomic E-state index is 0.598. The molecule has 0 N–H and O–H groups in total. The highest BCUT2D eigenvalue weighted by Gasteiger charge is 2.19. The lowest BCUT2D eigenvalue weighted by atomic mass is 9.93. The number of rotatable bonds is 6. The first-order valence-electron chi connectivity index (χ1n) is 20.2. The van der Waals surface area contributed by atoms with Crippen molar-refractivity contribution in [3.8, 4) is 67.3 Å². The molecule has 12 rings (SSSR count). The molecule has 0 aliphatic carbocycles. The third kappa shape index (κ3) is 5.85. The molecule has 0 fully saturated rings. The molecule has 3 heterocycles. The molecule has 0 spiro atoms. The van der Waals surface area contributed by atoms with Crippen molar-refractivity contribution in [3.63, 3.8) is 0 Å². The molecule has 0 unspecified atom stereocenters. The van der Waals surface area contributed by atoms with Gasteiger partial charge in [-0.25, -0.2) is 9.97 Å². The lowest BCUT2D eigenvalue weighted by Crippen LogP contribution is -1.97. The van der Waals surface area contributed by atoms with Crippen LogP contribution in [0.1, 0.15) is 0 Å². The first kappa shape index (κ1) is 34.0. The molecule has 0 amide bonds. The zero-order chi connectivity index (χ0) is 39.6. The smallest absolute Gasteiger partial charge is 0.164 e. The summed E-state index contributed by atoms with van der Waals surface area (Å²) in [6.07, 6.45) is 0. The maximum atomic E-state index is 6.57. The Kier molecular flexibility index (Phi) is 7.82. The van der Waals surface area contributed by atoms with E-state index in [-0.39, 0.29) is 0 Å². The van der Waals surface area contributed by atoms with Gasteiger partial charge >= 0.3 is 0 Å². The standard InChI is InChI=1S/C56H34N2O2/c1-2-12-35(13-3-1)38-16-10-17-41(29-38)50-34-51(58-56(57-50)48-21-11-20-47-45-18-6-9-23-53(45)60-55(47)48)44-31-42(39-25-24-36-14-4-5-15-37(36)28-39)30-43(32-44)40-26-27-54-49(33-40)46-19-7-8-22-52(46)59-54/h1-34H. The van der Waals surface area contributed by atoms with Crippen molar-refractivity contribution < 1.29 is 8.83 Å². The van der Waals surface area contributed by atoms with Crippen molar-refractivity contribution in [2.45, 2.75) is 0 Å². The van der Waals surface area contributed by atoms with Crippen LogP contribution in [0.25, 0.3) is 122 Å². The van der Waals surface area contributed by atoms with Crippen LogP contribution in [0.2, 0.25) is 0 Å². The largest absolute Gasteiger partial charge is 0.456 e. The molecule has 0 aliphatic rings. The van der Waals surface area contributed by atoms with Crippen molar-refractivity contribution in [1.82, 2.24) is 9.97 Å². The van der Waals surface area contributed by atoms with E-state index >= 15 is 0 Å². The molecule has 4 heteroatoms. The Labute approximate surface area is 345 Å². The van der Waals surface area contributed by atoms with Crippen molar-refractivity contribution >= 4 is 54.6 Å². The van der Waals surface area contributed by atoms with E-state index in [0.717, 1.165) is 105 Å². The number of hydrogen-bond donors (Lipinski definition) is 0. The molecule has 0 saturated heterocycles. The summed E-state index contributed by atoms with van der Waals surface area (Å²) in [6.45, 7) is 0. The zero-order valence-electron chi connectivity index (χ0n) is 32.3. The molecule has 0 saturated carbocycles. The van der Waals surface area contributed by atoms with E-state index in [1.807, 2.05) is 36.4 Å². The molecule has 60 heavy (non-hydrogen) atoms. The molecular weight excluding hydrogens is 733 g/mol. The minimum Gasteiger partial charge on any atom is -0.456 e. The number of para-hydroxylation sites is 3. The second kappa shape index (κ2) is 13.8. The van der Waals surface area contributed by atoms with E-state index < -0.39 is 0 Å². The van der Waals surface area contributed by atoms with Gasteiger partial charge in [0.1, 0.15) is 22.3 Å². The summed E-state index contributed by atoms with van der Waals surface area (Å²) < 4.78 is 12.8. The number of fused-ring (bicyclic) bond motifs is 7. The van der Waals surface area contributed by atoms with Crippen molar-refractivity contribution in [2.75, 3.05) is 0 Å². The lowest BCUT2D eigenvalue weighted by molar-refractivity contribution is 0.669. The predicted octanol–water partition coefficient (Wildman–Crippen LogP) is 15.4. The van der Waals surface area contributed by atoms with Gasteiger partial charge < -0.3 is 8.83 Å². The van der Waals surface area contributed by atoms with Gasteiger partial charge in [0.2, 0.25) is 0 Å². The minimum atomic E-state index is 0.598. The maximum Gasteiger partial charge on any atom is 0.164 e. The molecule has 3 aromatic heterocycles. The van der Waals surface area contributed by atoms with Gasteiger partial charge in [0.25, 0.3) is 0 Å². The molecular formula is C56H34N2O2. The summed E-state index contributed by atoms with van der Waals surface area (Å²) in [5.41, 5.74) is 14.5. The fourth-order valence-electron chi connectivity index (χ4n) is 8.66. The average Bonchev–Trinajstić information content (AvgIpc) is 3.90. The third-order valence-electron chi connectivity index (χ3n) is 11.7. The van der Waals surface area contributed by atoms with Crippen LogP contribution in [0.4, 0.5) is 0 Å². The van der Waals surface area contributed by atoms with Gasteiger partial charge in [-0.1, -0.05) is 140 Å². The van der Waals surface area contributed by atoms with Gasteiger partial charge in [-0.2, -0.15) is 0 Å². The monoisotopic (exact) mass is 766 g/mol. The van der Waals surface area contributed by atoms with Crippen molar-refractivity contribution in [2.24, 2.45) is 0 Å². The van der Waals surface area contributed by atoms with E-state index in [2.05, 4.69) is 170 Å². The Morgan fingerprint density at radius 3 is 1.67 bits per heavy atom. The van der Waals surface area contributed by atoms with Gasteiger partial charge in [0, 0.05) is 32.7 Å². The Hall–Kier alpha value is -8.08. The topological polar surface area (TPSA) is 52.1 Å². The molecule has 9 aromatic carbocycles. The average molecular weight is 767 g/mol. The third-order valence-corrected chi connectivity index (χ3v) is 11.7. The SMILES string of the molecule is c1ccc(-c2cccc(-c3cc(-c4cc(-c5ccc6ccccc6c5)cc(-c5ccc6oc7ccccc7c6c5)c4)nc(-c4cccc5c4oc4ccccc45)n3)c2)cc1. The second-order valence-corrected chi connectivity index (χ2v) is 15.4. The first-order valence-corrected chi connectivity index (χ1v) is 20.2. The number of hydrogen-bond acceptors (Lipinski definition) is 4. The van der Waals surface area contributed by atoms with E-state index in [1.165, 1.54) is 10.8 Å². The Morgan fingerprint density at radius 2 is 0.833 bits per heavy atom. The van der Waals surface area contributed by atoms with E-state index in [9.17, 15) is 0 Å². The summed E-state index contributed by atoms with van der Waals surface area (Å²) >= 11 is 0. The van der Waals surface area contributed by atoms with Gasteiger partial charge in [-0.3, -0.25) is 0 Å². The highest BCUT2D eigenvalue weighted by Crippen LogP contribution is 2.40. The molecule has 0 atom stereocenters. The fourth-order valence-corrected chi connectivity index (χ4v) is 8.66. The molecule has 0 bridgehead atoms.